The fourth-order valence-corrected chi connectivity index (χ4v) is 2.24. The van der Waals surface area contributed by atoms with E-state index in [9.17, 15) is 13.6 Å². The summed E-state index contributed by atoms with van der Waals surface area (Å²) in [4.78, 5) is 16.3. The van der Waals surface area contributed by atoms with E-state index in [0.29, 0.717) is 12.8 Å². The molecule has 0 bridgehead atoms. The monoisotopic (exact) mass is 302 g/mol. The molecule has 2 heterocycles. The van der Waals surface area contributed by atoms with E-state index >= 15 is 0 Å². The number of alkyl halides is 2. The van der Waals surface area contributed by atoms with Gasteiger partial charge < -0.3 is 19.5 Å². The molecule has 8 heteroatoms. The molecule has 0 radical (unpaired) electrons. The SMILES string of the molecule is CC1CCC(Oc2cc(OC(F)F)ccn2)CN1C(=O)O. The summed E-state index contributed by atoms with van der Waals surface area (Å²) in [7, 11) is 0. The van der Waals surface area contributed by atoms with Crippen LogP contribution < -0.4 is 9.47 Å². The summed E-state index contributed by atoms with van der Waals surface area (Å²) in [6.45, 7) is -0.865. The van der Waals surface area contributed by atoms with Crippen LogP contribution in [0, 0.1) is 0 Å². The maximum atomic E-state index is 12.1. The van der Waals surface area contributed by atoms with Crippen LogP contribution in [-0.2, 0) is 0 Å². The molecule has 1 fully saturated rings. The third-order valence-corrected chi connectivity index (χ3v) is 3.30. The van der Waals surface area contributed by atoms with Crippen LogP contribution in [0.3, 0.4) is 0 Å². The van der Waals surface area contributed by atoms with Gasteiger partial charge in [0.05, 0.1) is 6.54 Å². The smallest absolute Gasteiger partial charge is 0.407 e. The van der Waals surface area contributed by atoms with E-state index < -0.39 is 12.7 Å². The average Bonchev–Trinajstić information content (AvgIpc) is 2.40. The first-order valence-electron chi connectivity index (χ1n) is 6.53. The Bertz CT molecular complexity index is 501. The average molecular weight is 302 g/mol. The van der Waals surface area contributed by atoms with Gasteiger partial charge in [-0.15, -0.1) is 0 Å². The van der Waals surface area contributed by atoms with Gasteiger partial charge in [-0.1, -0.05) is 0 Å². The Morgan fingerprint density at radius 2 is 2.29 bits per heavy atom. The summed E-state index contributed by atoms with van der Waals surface area (Å²) in [5.74, 6) is 0.0901. The summed E-state index contributed by atoms with van der Waals surface area (Å²) in [5, 5.41) is 9.09. The molecule has 2 unspecified atom stereocenters. The van der Waals surface area contributed by atoms with Crippen molar-refractivity contribution in [3.8, 4) is 11.6 Å². The lowest BCUT2D eigenvalue weighted by atomic mass is 10.0. The molecule has 21 heavy (non-hydrogen) atoms. The van der Waals surface area contributed by atoms with Crippen molar-refractivity contribution in [2.75, 3.05) is 6.54 Å². The van der Waals surface area contributed by atoms with Crippen LogP contribution in [0.1, 0.15) is 19.8 Å². The van der Waals surface area contributed by atoms with Crippen LogP contribution in [0.2, 0.25) is 0 Å². The number of hydrogen-bond acceptors (Lipinski definition) is 4. The Kier molecular flexibility index (Phi) is 4.77. The normalized spacial score (nSPS) is 22.2. The first kappa shape index (κ1) is 15.3. The fourth-order valence-electron chi connectivity index (χ4n) is 2.24. The number of nitrogens with zero attached hydrogens (tertiary/aromatic N) is 2. The summed E-state index contributed by atoms with van der Waals surface area (Å²) >= 11 is 0. The zero-order chi connectivity index (χ0) is 15.4. The standard InChI is InChI=1S/C13H16F2N2O4/c1-8-2-3-10(7-17(8)13(18)19)20-11-6-9(4-5-16-11)21-12(14)15/h4-6,8,10,12H,2-3,7H2,1H3,(H,18,19). The van der Waals surface area contributed by atoms with Crippen LogP contribution in [-0.4, -0.2) is 46.4 Å². The molecule has 0 aromatic carbocycles. The highest BCUT2D eigenvalue weighted by atomic mass is 19.3. The van der Waals surface area contributed by atoms with Crippen LogP contribution in [0.4, 0.5) is 13.6 Å². The summed E-state index contributed by atoms with van der Waals surface area (Å²) in [6.07, 6.45) is 1.29. The van der Waals surface area contributed by atoms with Crippen molar-refractivity contribution in [2.24, 2.45) is 0 Å². The lowest BCUT2D eigenvalue weighted by Crippen LogP contribution is -2.48. The van der Waals surface area contributed by atoms with Gasteiger partial charge in [-0.2, -0.15) is 8.78 Å². The van der Waals surface area contributed by atoms with Crippen molar-refractivity contribution in [3.63, 3.8) is 0 Å². The van der Waals surface area contributed by atoms with E-state index in [-0.39, 0.29) is 30.3 Å². The van der Waals surface area contributed by atoms with Crippen LogP contribution in [0.5, 0.6) is 11.6 Å². The number of piperidine rings is 1. The van der Waals surface area contributed by atoms with Crippen molar-refractivity contribution in [1.29, 1.82) is 0 Å². The lowest BCUT2D eigenvalue weighted by Gasteiger charge is -2.35. The first-order chi connectivity index (χ1) is 9.95. The third-order valence-electron chi connectivity index (χ3n) is 3.30. The third kappa shape index (κ3) is 4.17. The van der Waals surface area contributed by atoms with E-state index in [4.69, 9.17) is 9.84 Å². The molecule has 116 valence electrons. The molecule has 0 aliphatic carbocycles. The first-order valence-corrected chi connectivity index (χ1v) is 6.53. The number of carbonyl (C=O) groups is 1. The van der Waals surface area contributed by atoms with Gasteiger partial charge in [0.1, 0.15) is 11.9 Å². The number of halogens is 2. The largest absolute Gasteiger partial charge is 0.472 e. The van der Waals surface area contributed by atoms with E-state index in [1.54, 1.807) is 0 Å². The van der Waals surface area contributed by atoms with Gasteiger partial charge in [0, 0.05) is 18.3 Å². The topological polar surface area (TPSA) is 71.9 Å². The predicted octanol–water partition coefficient (Wildman–Crippen LogP) is 2.59. The second-order valence-electron chi connectivity index (χ2n) is 4.81. The van der Waals surface area contributed by atoms with E-state index in [2.05, 4.69) is 9.72 Å². The lowest BCUT2D eigenvalue weighted by molar-refractivity contribution is -0.0501. The summed E-state index contributed by atoms with van der Waals surface area (Å²) in [6, 6.07) is 2.49. The highest BCUT2D eigenvalue weighted by Gasteiger charge is 2.30. The maximum Gasteiger partial charge on any atom is 0.407 e. The zero-order valence-electron chi connectivity index (χ0n) is 11.4. The van der Waals surface area contributed by atoms with Crippen LogP contribution in [0.15, 0.2) is 18.3 Å². The summed E-state index contributed by atoms with van der Waals surface area (Å²) in [5.41, 5.74) is 0. The minimum absolute atomic E-state index is 0.0470. The molecule has 1 saturated heterocycles. The van der Waals surface area contributed by atoms with Crippen molar-refractivity contribution in [1.82, 2.24) is 9.88 Å². The Morgan fingerprint density at radius 1 is 1.52 bits per heavy atom. The molecule has 0 saturated carbocycles. The Hall–Kier alpha value is -2.12. The van der Waals surface area contributed by atoms with Gasteiger partial charge in [0.25, 0.3) is 0 Å². The van der Waals surface area contributed by atoms with Crippen molar-refractivity contribution >= 4 is 6.09 Å². The number of rotatable bonds is 4. The molecule has 2 rings (SSSR count). The maximum absolute atomic E-state index is 12.1. The number of pyridine rings is 1. The van der Waals surface area contributed by atoms with Gasteiger partial charge in [-0.05, 0) is 25.8 Å². The Labute approximate surface area is 120 Å². The Morgan fingerprint density at radius 3 is 2.95 bits per heavy atom. The second kappa shape index (κ2) is 6.55. The molecule has 1 aliphatic heterocycles. The van der Waals surface area contributed by atoms with Gasteiger partial charge >= 0.3 is 12.7 Å². The van der Waals surface area contributed by atoms with Gasteiger partial charge in [0.2, 0.25) is 5.88 Å². The fraction of sp³-hybridized carbons (Fsp3) is 0.538. The molecule has 1 aromatic heterocycles. The van der Waals surface area contributed by atoms with Gasteiger partial charge in [-0.3, -0.25) is 0 Å². The minimum Gasteiger partial charge on any atom is -0.472 e. The van der Waals surface area contributed by atoms with Crippen LogP contribution in [0.25, 0.3) is 0 Å². The number of aromatic nitrogens is 1. The molecule has 2 atom stereocenters. The van der Waals surface area contributed by atoms with Crippen molar-refractivity contribution in [2.45, 2.75) is 38.5 Å². The molecule has 1 aromatic rings. The predicted molar refractivity (Wildman–Crippen MR) is 68.7 cm³/mol. The summed E-state index contributed by atoms with van der Waals surface area (Å²) < 4.78 is 34.1. The van der Waals surface area contributed by atoms with E-state index in [1.807, 2.05) is 6.92 Å². The number of carboxylic acid groups (broad SMARTS) is 1. The zero-order valence-corrected chi connectivity index (χ0v) is 11.4. The highest BCUT2D eigenvalue weighted by Crippen LogP contribution is 2.24. The minimum atomic E-state index is -2.92. The number of hydrogen-bond donors (Lipinski definition) is 1. The van der Waals surface area contributed by atoms with Gasteiger partial charge in [0.15, 0.2) is 0 Å². The number of ether oxygens (including phenoxy) is 2. The van der Waals surface area contributed by atoms with Gasteiger partial charge in [-0.25, -0.2) is 9.78 Å². The molecule has 1 N–H and O–H groups in total. The second-order valence-corrected chi connectivity index (χ2v) is 4.81. The molecule has 0 spiro atoms. The molecular weight excluding hydrogens is 286 g/mol. The van der Waals surface area contributed by atoms with Crippen LogP contribution >= 0.6 is 0 Å². The number of amides is 1. The molecule has 6 nitrogen and oxygen atoms in total. The van der Waals surface area contributed by atoms with Crippen molar-refractivity contribution in [3.05, 3.63) is 18.3 Å². The Balaban J connectivity index is 1.99. The molecular formula is C13H16F2N2O4. The van der Waals surface area contributed by atoms with E-state index in [1.165, 1.54) is 23.2 Å². The number of likely N-dealkylation sites (tertiary alicyclic amines) is 1. The van der Waals surface area contributed by atoms with E-state index in [0.717, 1.165) is 0 Å². The highest BCUT2D eigenvalue weighted by molar-refractivity contribution is 5.65. The quantitative estimate of drug-likeness (QED) is 0.925. The molecule has 1 amide bonds. The van der Waals surface area contributed by atoms with Crippen molar-refractivity contribution < 1.29 is 28.2 Å². The molecule has 1 aliphatic rings.